The molecule has 20 heavy (non-hydrogen) atoms. The molecule has 1 aliphatic carbocycles. The fraction of sp³-hybridized carbons (Fsp3) is 0.0556. The summed E-state index contributed by atoms with van der Waals surface area (Å²) in [7, 11) is 0. The molecule has 0 amide bonds. The van der Waals surface area contributed by atoms with Gasteiger partial charge in [-0.15, -0.1) is 0 Å². The molecule has 0 bridgehead atoms. The zero-order valence-electron chi connectivity index (χ0n) is 10.7. The average molecular weight is 259 g/mol. The van der Waals surface area contributed by atoms with E-state index in [1.165, 1.54) is 5.56 Å². The van der Waals surface area contributed by atoms with Crippen LogP contribution in [0.25, 0.3) is 23.1 Å². The Hall–Kier alpha value is -2.61. The third-order valence-corrected chi connectivity index (χ3v) is 3.98. The number of hydrogen-bond donors (Lipinski definition) is 0. The van der Waals surface area contributed by atoms with Gasteiger partial charge in [0.2, 0.25) is 0 Å². The molecule has 2 nitrogen and oxygen atoms in total. The Labute approximate surface area is 114 Å². The topological polar surface area (TPSA) is 24.4 Å². The number of furan rings is 1. The molecular weight excluding hydrogens is 248 g/mol. The van der Waals surface area contributed by atoms with Crippen molar-refractivity contribution in [3.05, 3.63) is 73.7 Å². The van der Waals surface area contributed by atoms with Crippen molar-refractivity contribution in [2.45, 2.75) is 6.42 Å². The lowest BCUT2D eigenvalue weighted by atomic mass is 10.0. The average Bonchev–Trinajstić information content (AvgIpc) is 3.04. The third-order valence-electron chi connectivity index (χ3n) is 3.98. The quantitative estimate of drug-likeness (QED) is 0.445. The highest BCUT2D eigenvalue weighted by Crippen LogP contribution is 2.31. The summed E-state index contributed by atoms with van der Waals surface area (Å²) in [6, 6.07) is 12.2. The zero-order valence-corrected chi connectivity index (χ0v) is 10.7. The van der Waals surface area contributed by atoms with Crippen LogP contribution in [0.4, 0.5) is 0 Å². The summed E-state index contributed by atoms with van der Waals surface area (Å²) in [5.74, 6) is 0.918. The molecule has 0 radical (unpaired) electrons. The molecule has 3 aromatic rings. The summed E-state index contributed by atoms with van der Waals surface area (Å²) in [4.78, 5) is 0. The fourth-order valence-corrected chi connectivity index (χ4v) is 3.12. The van der Waals surface area contributed by atoms with E-state index >= 15 is 0 Å². The van der Waals surface area contributed by atoms with Crippen LogP contribution in [0.1, 0.15) is 12.0 Å². The fourth-order valence-electron chi connectivity index (χ4n) is 3.12. The summed E-state index contributed by atoms with van der Waals surface area (Å²) < 4.78 is 11.9. The second-order valence-corrected chi connectivity index (χ2v) is 5.13. The molecule has 0 saturated heterocycles. The number of para-hydroxylation sites is 1. The first kappa shape index (κ1) is 10.2. The minimum Gasteiger partial charge on any atom is -0.456 e. The molecule has 94 valence electrons. The van der Waals surface area contributed by atoms with Crippen molar-refractivity contribution in [1.82, 2.24) is 0 Å². The lowest BCUT2D eigenvalue weighted by Crippen LogP contribution is -2.01. The molecule has 2 aromatic carbocycles. The maximum Gasteiger partial charge on any atom is 0.362 e. The first-order chi connectivity index (χ1) is 9.92. The van der Waals surface area contributed by atoms with E-state index < -0.39 is 0 Å². The van der Waals surface area contributed by atoms with Crippen LogP contribution < -0.4 is 10.8 Å². The lowest BCUT2D eigenvalue weighted by molar-refractivity contribution is 0.576. The molecule has 0 atom stereocenters. The number of hydrogen-bond acceptors (Lipinski definition) is 1. The number of allylic oxidation sites excluding steroid dienone is 1. The van der Waals surface area contributed by atoms with Gasteiger partial charge >= 0.3 is 11.2 Å². The van der Waals surface area contributed by atoms with Crippen molar-refractivity contribution in [1.29, 1.82) is 0 Å². The minimum atomic E-state index is 0.918. The monoisotopic (exact) mass is 259 g/mol. The maximum atomic E-state index is 5.97. The first-order valence-corrected chi connectivity index (χ1v) is 6.78. The minimum absolute atomic E-state index is 0.918. The van der Waals surface area contributed by atoms with E-state index in [1.54, 1.807) is 0 Å². The zero-order chi connectivity index (χ0) is 13.1. The molecular formula is C18H11O2+. The van der Waals surface area contributed by atoms with Crippen LogP contribution >= 0.6 is 0 Å². The van der Waals surface area contributed by atoms with E-state index in [0.29, 0.717) is 0 Å². The first-order valence-electron chi connectivity index (χ1n) is 6.78. The molecule has 0 spiro atoms. The molecule has 2 heteroatoms. The molecule has 0 N–H and O–H groups in total. The second-order valence-electron chi connectivity index (χ2n) is 5.13. The second kappa shape index (κ2) is 3.48. The molecule has 0 unspecified atom stereocenters. The standard InChI is InChI=1S/C18H11O2/c1-3-7-13-11(5-1)17-15(19-13)9-10-16-18(17)12-6-2-4-8-14(12)20-16/h1-3,5-10H,4H2/q+1. The van der Waals surface area contributed by atoms with Crippen LogP contribution in [-0.4, -0.2) is 0 Å². The van der Waals surface area contributed by atoms with Gasteiger partial charge in [0.05, 0.1) is 5.22 Å². The van der Waals surface area contributed by atoms with Crippen molar-refractivity contribution >= 4 is 23.1 Å². The Morgan fingerprint density at radius 3 is 3.00 bits per heavy atom. The van der Waals surface area contributed by atoms with Crippen molar-refractivity contribution < 1.29 is 4.42 Å². The smallest absolute Gasteiger partial charge is 0.362 e. The van der Waals surface area contributed by atoms with E-state index in [4.69, 9.17) is 8.84 Å². The Kier molecular flexibility index (Phi) is 1.78. The summed E-state index contributed by atoms with van der Waals surface area (Å²) in [5.41, 5.74) is 3.99. The number of rotatable bonds is 0. The normalized spacial score (nSPS) is 14.4. The Morgan fingerprint density at radius 2 is 2.00 bits per heavy atom. The van der Waals surface area contributed by atoms with Gasteiger partial charge in [-0.25, -0.2) is 4.42 Å². The molecule has 2 heterocycles. The summed E-state index contributed by atoms with van der Waals surface area (Å²) in [5, 5.41) is 3.47. The predicted octanol–water partition coefficient (Wildman–Crippen LogP) is 3.26. The summed E-state index contributed by atoms with van der Waals surface area (Å²) in [6.07, 6.45) is 7.38. The van der Waals surface area contributed by atoms with Crippen molar-refractivity contribution in [3.63, 3.8) is 0 Å². The Balaban J connectivity index is 2.19. The predicted molar refractivity (Wildman–Crippen MR) is 79.4 cm³/mol. The van der Waals surface area contributed by atoms with E-state index in [-0.39, 0.29) is 0 Å². The highest BCUT2D eigenvalue weighted by Gasteiger charge is 2.22. The molecule has 0 saturated carbocycles. The van der Waals surface area contributed by atoms with Crippen molar-refractivity contribution in [3.8, 4) is 5.75 Å². The number of benzene rings is 2. The van der Waals surface area contributed by atoms with Crippen molar-refractivity contribution in [2.75, 3.05) is 0 Å². The van der Waals surface area contributed by atoms with Gasteiger partial charge in [0.1, 0.15) is 16.2 Å². The van der Waals surface area contributed by atoms with E-state index in [0.717, 1.165) is 44.4 Å². The van der Waals surface area contributed by atoms with Crippen LogP contribution in [0.3, 0.4) is 0 Å². The van der Waals surface area contributed by atoms with Gasteiger partial charge in [-0.2, -0.15) is 0 Å². The highest BCUT2D eigenvalue weighted by atomic mass is 16.4. The highest BCUT2D eigenvalue weighted by molar-refractivity contribution is 5.91. The van der Waals surface area contributed by atoms with E-state index in [1.807, 2.05) is 30.3 Å². The largest absolute Gasteiger partial charge is 0.456 e. The maximum absolute atomic E-state index is 5.97. The van der Waals surface area contributed by atoms with E-state index in [2.05, 4.69) is 24.3 Å². The van der Waals surface area contributed by atoms with E-state index in [9.17, 15) is 0 Å². The number of fused-ring (bicyclic) bond motifs is 6. The molecule has 2 aliphatic rings. The van der Waals surface area contributed by atoms with Gasteiger partial charge < -0.3 is 4.42 Å². The Bertz CT molecular complexity index is 1110. The summed E-state index contributed by atoms with van der Waals surface area (Å²) >= 11 is 0. The van der Waals surface area contributed by atoms with Crippen LogP contribution in [-0.2, 0) is 0 Å². The summed E-state index contributed by atoms with van der Waals surface area (Å²) in [6.45, 7) is 0. The van der Waals surface area contributed by atoms with Crippen LogP contribution in [0, 0.1) is 10.4 Å². The van der Waals surface area contributed by atoms with Gasteiger partial charge in [0, 0.05) is 23.1 Å². The van der Waals surface area contributed by atoms with Crippen LogP contribution in [0.2, 0.25) is 0 Å². The molecule has 1 aliphatic heterocycles. The van der Waals surface area contributed by atoms with Gasteiger partial charge in [-0.3, -0.25) is 0 Å². The van der Waals surface area contributed by atoms with Gasteiger partial charge in [0.25, 0.3) is 0 Å². The SMILES string of the molecule is C1=Cc2c(oc3ccc4c(c23)=c2ccccc2=[O+]4)=CC1. The van der Waals surface area contributed by atoms with Crippen LogP contribution in [0.5, 0.6) is 5.75 Å². The van der Waals surface area contributed by atoms with Crippen LogP contribution in [0.15, 0.2) is 51.3 Å². The Morgan fingerprint density at radius 1 is 1.05 bits per heavy atom. The van der Waals surface area contributed by atoms with Crippen molar-refractivity contribution in [2.24, 2.45) is 0 Å². The third kappa shape index (κ3) is 1.16. The lowest BCUT2D eigenvalue weighted by Gasteiger charge is -1.93. The van der Waals surface area contributed by atoms with Gasteiger partial charge in [-0.05, 0) is 24.6 Å². The van der Waals surface area contributed by atoms with Gasteiger partial charge in [0.15, 0.2) is 0 Å². The molecule has 5 rings (SSSR count). The molecule has 1 aromatic heterocycles. The molecule has 0 fully saturated rings. The van der Waals surface area contributed by atoms with Gasteiger partial charge in [-0.1, -0.05) is 24.3 Å².